The van der Waals surface area contributed by atoms with Crippen LogP contribution in [0.15, 0.2) is 42.5 Å². The summed E-state index contributed by atoms with van der Waals surface area (Å²) in [7, 11) is 0. The largest absolute Gasteiger partial charge is 0.456 e. The highest BCUT2D eigenvalue weighted by atomic mass is 35.5. The lowest BCUT2D eigenvalue weighted by Gasteiger charge is -2.08. The van der Waals surface area contributed by atoms with Crippen molar-refractivity contribution >= 4 is 17.3 Å². The number of nitro benzene ring substituents is 1. The number of rotatable bonds is 4. The Morgan fingerprint density at radius 2 is 1.85 bits per heavy atom. The fourth-order valence-corrected chi connectivity index (χ4v) is 2.25. The van der Waals surface area contributed by atoms with Crippen LogP contribution in [-0.2, 0) is 0 Å². The lowest BCUT2D eigenvalue weighted by atomic mass is 10.1. The third kappa shape index (κ3) is 2.75. The monoisotopic (exact) mass is 289 g/mol. The van der Waals surface area contributed by atoms with Gasteiger partial charge in [-0.05, 0) is 42.5 Å². The van der Waals surface area contributed by atoms with Gasteiger partial charge in [-0.2, -0.15) is 0 Å². The first-order valence-electron chi connectivity index (χ1n) is 6.35. The van der Waals surface area contributed by atoms with Gasteiger partial charge in [0.2, 0.25) is 0 Å². The van der Waals surface area contributed by atoms with E-state index in [4.69, 9.17) is 16.3 Å². The van der Waals surface area contributed by atoms with Crippen LogP contribution in [0.4, 0.5) is 5.69 Å². The van der Waals surface area contributed by atoms with Gasteiger partial charge in [-0.1, -0.05) is 23.7 Å². The lowest BCUT2D eigenvalue weighted by molar-refractivity contribution is -0.384. The van der Waals surface area contributed by atoms with Gasteiger partial charge in [0.25, 0.3) is 5.69 Å². The minimum absolute atomic E-state index is 0.0496. The van der Waals surface area contributed by atoms with Gasteiger partial charge in [-0.15, -0.1) is 0 Å². The molecule has 20 heavy (non-hydrogen) atoms. The van der Waals surface area contributed by atoms with Crippen molar-refractivity contribution in [1.82, 2.24) is 0 Å². The van der Waals surface area contributed by atoms with Crippen LogP contribution in [0.3, 0.4) is 0 Å². The van der Waals surface area contributed by atoms with Crippen molar-refractivity contribution in [3.8, 4) is 11.5 Å². The molecule has 1 aliphatic rings. The average molecular weight is 290 g/mol. The first-order valence-corrected chi connectivity index (χ1v) is 6.73. The fourth-order valence-electron chi connectivity index (χ4n) is 2.04. The standard InChI is InChI=1S/C15H12ClNO3/c16-14-9-12(17(18)19)5-8-15(14)20-13-6-3-11(4-7-13)10-1-2-10/h3-10H,1-2H2. The van der Waals surface area contributed by atoms with Crippen molar-refractivity contribution in [2.45, 2.75) is 18.8 Å². The number of hydrogen-bond acceptors (Lipinski definition) is 3. The molecule has 1 aliphatic carbocycles. The molecule has 5 heteroatoms. The third-order valence-electron chi connectivity index (χ3n) is 3.28. The zero-order valence-electron chi connectivity index (χ0n) is 10.6. The SMILES string of the molecule is O=[N+]([O-])c1ccc(Oc2ccc(C3CC3)cc2)c(Cl)c1. The summed E-state index contributed by atoms with van der Waals surface area (Å²) in [6.07, 6.45) is 2.52. The number of nitro groups is 1. The summed E-state index contributed by atoms with van der Waals surface area (Å²) in [5.41, 5.74) is 1.28. The number of halogens is 1. The minimum atomic E-state index is -0.486. The molecule has 0 N–H and O–H groups in total. The van der Waals surface area contributed by atoms with Crippen LogP contribution in [0.5, 0.6) is 11.5 Å². The molecular formula is C15H12ClNO3. The molecule has 3 rings (SSSR count). The molecule has 2 aromatic rings. The molecule has 102 valence electrons. The van der Waals surface area contributed by atoms with E-state index < -0.39 is 4.92 Å². The fraction of sp³-hybridized carbons (Fsp3) is 0.200. The van der Waals surface area contributed by atoms with Crippen LogP contribution in [0.2, 0.25) is 5.02 Å². The van der Waals surface area contributed by atoms with Gasteiger partial charge in [-0.25, -0.2) is 0 Å². The Hall–Kier alpha value is -2.07. The highest BCUT2D eigenvalue weighted by Gasteiger charge is 2.23. The average Bonchev–Trinajstić information content (AvgIpc) is 3.26. The van der Waals surface area contributed by atoms with Gasteiger partial charge in [0.05, 0.1) is 9.95 Å². The molecule has 0 bridgehead atoms. The number of nitrogens with zero attached hydrogens (tertiary/aromatic N) is 1. The topological polar surface area (TPSA) is 52.4 Å². The highest BCUT2D eigenvalue weighted by Crippen LogP contribution is 2.41. The smallest absolute Gasteiger partial charge is 0.271 e. The molecule has 4 nitrogen and oxygen atoms in total. The first-order chi connectivity index (χ1) is 9.63. The minimum Gasteiger partial charge on any atom is -0.456 e. The Morgan fingerprint density at radius 3 is 2.40 bits per heavy atom. The summed E-state index contributed by atoms with van der Waals surface area (Å²) in [6.45, 7) is 0. The second-order valence-electron chi connectivity index (χ2n) is 4.82. The van der Waals surface area contributed by atoms with Crippen LogP contribution < -0.4 is 4.74 Å². The summed E-state index contributed by atoms with van der Waals surface area (Å²) < 4.78 is 5.64. The maximum absolute atomic E-state index is 10.6. The Labute approximate surface area is 121 Å². The molecule has 0 spiro atoms. The van der Waals surface area contributed by atoms with Crippen molar-refractivity contribution in [3.63, 3.8) is 0 Å². The highest BCUT2D eigenvalue weighted by molar-refractivity contribution is 6.32. The Morgan fingerprint density at radius 1 is 1.15 bits per heavy atom. The molecule has 1 fully saturated rings. The summed E-state index contributed by atoms with van der Waals surface area (Å²) in [4.78, 5) is 10.2. The van der Waals surface area contributed by atoms with E-state index in [2.05, 4.69) is 0 Å². The molecule has 2 aromatic carbocycles. The van der Waals surface area contributed by atoms with Crippen molar-refractivity contribution in [2.24, 2.45) is 0 Å². The van der Waals surface area contributed by atoms with E-state index in [9.17, 15) is 10.1 Å². The molecule has 0 radical (unpaired) electrons. The van der Waals surface area contributed by atoms with Crippen molar-refractivity contribution < 1.29 is 9.66 Å². The molecular weight excluding hydrogens is 278 g/mol. The van der Waals surface area contributed by atoms with E-state index in [0.717, 1.165) is 0 Å². The van der Waals surface area contributed by atoms with Gasteiger partial charge >= 0.3 is 0 Å². The maximum Gasteiger partial charge on any atom is 0.271 e. The van der Waals surface area contributed by atoms with Crippen LogP contribution in [0.1, 0.15) is 24.3 Å². The quantitative estimate of drug-likeness (QED) is 0.593. The van der Waals surface area contributed by atoms with Crippen LogP contribution in [0.25, 0.3) is 0 Å². The van der Waals surface area contributed by atoms with Crippen LogP contribution in [-0.4, -0.2) is 4.92 Å². The zero-order valence-corrected chi connectivity index (χ0v) is 11.3. The predicted molar refractivity (Wildman–Crippen MR) is 76.6 cm³/mol. The maximum atomic E-state index is 10.6. The molecule has 1 saturated carbocycles. The molecule has 0 atom stereocenters. The molecule has 0 aromatic heterocycles. The number of ether oxygens (including phenoxy) is 1. The van der Waals surface area contributed by atoms with Gasteiger partial charge < -0.3 is 4.74 Å². The third-order valence-corrected chi connectivity index (χ3v) is 3.58. The van der Waals surface area contributed by atoms with E-state index in [1.807, 2.05) is 24.3 Å². The van der Waals surface area contributed by atoms with Crippen LogP contribution in [0, 0.1) is 10.1 Å². The summed E-state index contributed by atoms with van der Waals surface area (Å²) in [6, 6.07) is 12.1. The second kappa shape index (κ2) is 5.13. The van der Waals surface area contributed by atoms with Gasteiger partial charge in [0, 0.05) is 12.1 Å². The summed E-state index contributed by atoms with van der Waals surface area (Å²) >= 11 is 5.99. The Balaban J connectivity index is 1.78. The first kappa shape index (κ1) is 12.9. The molecule has 0 aliphatic heterocycles. The normalized spacial score (nSPS) is 14.1. The van der Waals surface area contributed by atoms with Gasteiger partial charge in [0.1, 0.15) is 11.5 Å². The van der Waals surface area contributed by atoms with E-state index in [1.54, 1.807) is 0 Å². The van der Waals surface area contributed by atoms with E-state index in [-0.39, 0.29) is 10.7 Å². The summed E-state index contributed by atoms with van der Waals surface area (Å²) in [5, 5.41) is 10.9. The van der Waals surface area contributed by atoms with Crippen molar-refractivity contribution in [3.05, 3.63) is 63.2 Å². The molecule has 0 heterocycles. The number of hydrogen-bond donors (Lipinski definition) is 0. The summed E-state index contributed by atoms with van der Waals surface area (Å²) in [5.74, 6) is 1.79. The van der Waals surface area contributed by atoms with Gasteiger partial charge in [0.15, 0.2) is 0 Å². The number of non-ortho nitro benzene ring substituents is 1. The van der Waals surface area contributed by atoms with Crippen molar-refractivity contribution in [2.75, 3.05) is 0 Å². The van der Waals surface area contributed by atoms with E-state index in [0.29, 0.717) is 17.4 Å². The zero-order chi connectivity index (χ0) is 14.1. The predicted octanol–water partition coefficient (Wildman–Crippen LogP) is 4.92. The van der Waals surface area contributed by atoms with E-state index >= 15 is 0 Å². The molecule has 0 amide bonds. The number of benzene rings is 2. The van der Waals surface area contributed by atoms with Crippen molar-refractivity contribution in [1.29, 1.82) is 0 Å². The lowest BCUT2D eigenvalue weighted by Crippen LogP contribution is -1.90. The Bertz CT molecular complexity index is 651. The second-order valence-corrected chi connectivity index (χ2v) is 5.22. The van der Waals surface area contributed by atoms with E-state index in [1.165, 1.54) is 36.6 Å². The van der Waals surface area contributed by atoms with Crippen LogP contribution >= 0.6 is 11.6 Å². The van der Waals surface area contributed by atoms with Gasteiger partial charge in [-0.3, -0.25) is 10.1 Å². The Kier molecular flexibility index (Phi) is 3.32. The molecule has 0 saturated heterocycles. The molecule has 0 unspecified atom stereocenters.